The predicted octanol–water partition coefficient (Wildman–Crippen LogP) is 2.77. The number of nitrogens with one attached hydrogen (secondary N) is 2. The lowest BCUT2D eigenvalue weighted by atomic mass is 9.88. The zero-order valence-electron chi connectivity index (χ0n) is 16.0. The fourth-order valence-corrected chi connectivity index (χ4v) is 2.55. The van der Waals surface area contributed by atoms with Gasteiger partial charge in [-0.3, -0.25) is 4.79 Å². The molecule has 3 N–H and O–H groups in total. The first-order chi connectivity index (χ1) is 12.4. The van der Waals surface area contributed by atoms with Crippen LogP contribution in [0.15, 0.2) is 30.3 Å². The summed E-state index contributed by atoms with van der Waals surface area (Å²) in [5.74, 6) is 0.268. The molecule has 7 heteroatoms. The van der Waals surface area contributed by atoms with Crippen LogP contribution in [0.4, 0.5) is 4.79 Å². The van der Waals surface area contributed by atoms with Gasteiger partial charge in [0.05, 0.1) is 6.04 Å². The highest BCUT2D eigenvalue weighted by Crippen LogP contribution is 2.10. The number of Topliss-reactive ketones (excluding diaryl/α,β-unsaturated/α-hetero) is 1. The third kappa shape index (κ3) is 10.2. The molecule has 0 aliphatic rings. The van der Waals surface area contributed by atoms with Crippen LogP contribution in [0.2, 0.25) is 6.82 Å². The molecule has 0 bridgehead atoms. The summed E-state index contributed by atoms with van der Waals surface area (Å²) in [6, 6.07) is 8.89. The summed E-state index contributed by atoms with van der Waals surface area (Å²) in [4.78, 5) is 24.5. The molecule has 0 spiro atoms. The normalized spacial score (nSPS) is 11.9. The van der Waals surface area contributed by atoms with E-state index in [0.717, 1.165) is 18.4 Å². The van der Waals surface area contributed by atoms with Crippen LogP contribution in [0.25, 0.3) is 0 Å². The number of ether oxygens (including phenoxy) is 1. The molecule has 0 aliphatic carbocycles. The second kappa shape index (κ2) is 12.5. The summed E-state index contributed by atoms with van der Waals surface area (Å²) in [7, 11) is -0.542. The van der Waals surface area contributed by atoms with Crippen LogP contribution >= 0.6 is 0 Å². The van der Waals surface area contributed by atoms with Crippen molar-refractivity contribution >= 4 is 18.9 Å². The van der Waals surface area contributed by atoms with E-state index in [0.29, 0.717) is 19.4 Å². The quantitative estimate of drug-likeness (QED) is 0.393. The number of hydrogen-bond donors (Lipinski definition) is 3. The van der Waals surface area contributed by atoms with Gasteiger partial charge < -0.3 is 20.3 Å². The first kappa shape index (κ1) is 22.2. The molecule has 0 aliphatic heterocycles. The molecule has 0 saturated heterocycles. The Balaban J connectivity index is 2.46. The van der Waals surface area contributed by atoms with E-state index in [1.165, 1.54) is 0 Å². The standard InChI is InChI=1S/C19H31BN2O4/c1-15(2)13-18(23)17(11-7-8-12-21-20(3)25)22-19(24)26-14-16-9-5-4-6-10-16/h4-6,9-10,15,17,21,25H,7-8,11-14H2,1-3H3,(H,22,24). The molecule has 26 heavy (non-hydrogen) atoms. The maximum atomic E-state index is 12.4. The topological polar surface area (TPSA) is 87.7 Å². The highest BCUT2D eigenvalue weighted by Gasteiger charge is 2.21. The monoisotopic (exact) mass is 362 g/mol. The molecule has 1 aromatic carbocycles. The summed E-state index contributed by atoms with van der Waals surface area (Å²) in [5, 5.41) is 14.8. The summed E-state index contributed by atoms with van der Waals surface area (Å²) in [5.41, 5.74) is 0.900. The molecule has 144 valence electrons. The smallest absolute Gasteiger partial charge is 0.408 e. The fourth-order valence-electron chi connectivity index (χ4n) is 2.55. The van der Waals surface area contributed by atoms with Gasteiger partial charge in [-0.05, 0) is 44.1 Å². The Morgan fingerprint density at radius 3 is 2.50 bits per heavy atom. The first-order valence-corrected chi connectivity index (χ1v) is 9.30. The molecule has 6 nitrogen and oxygen atoms in total. The molecular weight excluding hydrogens is 331 g/mol. The summed E-state index contributed by atoms with van der Waals surface area (Å²) >= 11 is 0. The molecule has 1 amide bonds. The molecule has 1 atom stereocenters. The Bertz CT molecular complexity index is 538. The molecule has 0 aromatic heterocycles. The largest absolute Gasteiger partial charge is 0.445 e. The van der Waals surface area contributed by atoms with E-state index < -0.39 is 19.2 Å². The van der Waals surface area contributed by atoms with Crippen LogP contribution in [0.1, 0.15) is 45.1 Å². The van der Waals surface area contributed by atoms with E-state index in [1.54, 1.807) is 6.82 Å². The molecule has 0 fully saturated rings. The van der Waals surface area contributed by atoms with Gasteiger partial charge in [0.15, 0.2) is 5.78 Å². The fraction of sp³-hybridized carbons (Fsp3) is 0.579. The molecule has 0 saturated carbocycles. The first-order valence-electron chi connectivity index (χ1n) is 9.30. The average molecular weight is 362 g/mol. The summed E-state index contributed by atoms with van der Waals surface area (Å²) in [6.45, 7) is 6.47. The molecular formula is C19H31BN2O4. The van der Waals surface area contributed by atoms with Gasteiger partial charge in [0.2, 0.25) is 0 Å². The third-order valence-corrected chi connectivity index (χ3v) is 3.86. The van der Waals surface area contributed by atoms with Gasteiger partial charge in [-0.1, -0.05) is 44.2 Å². The minimum absolute atomic E-state index is 0.0279. The molecule has 1 rings (SSSR count). The van der Waals surface area contributed by atoms with Crippen molar-refractivity contribution in [3.63, 3.8) is 0 Å². The highest BCUT2D eigenvalue weighted by atomic mass is 16.5. The van der Waals surface area contributed by atoms with Crippen LogP contribution in [-0.4, -0.2) is 36.5 Å². The zero-order valence-corrected chi connectivity index (χ0v) is 16.0. The van der Waals surface area contributed by atoms with Gasteiger partial charge in [-0.2, -0.15) is 0 Å². The van der Waals surface area contributed by atoms with Crippen molar-refractivity contribution in [2.45, 2.75) is 59.0 Å². The maximum absolute atomic E-state index is 12.4. The van der Waals surface area contributed by atoms with E-state index in [9.17, 15) is 14.6 Å². The minimum Gasteiger partial charge on any atom is -0.445 e. The van der Waals surface area contributed by atoms with Gasteiger partial charge in [-0.15, -0.1) is 0 Å². The molecule has 0 radical (unpaired) electrons. The van der Waals surface area contributed by atoms with Gasteiger partial charge >= 0.3 is 13.1 Å². The SMILES string of the molecule is CB(O)NCCCCC(NC(=O)OCc1ccccc1)C(=O)CC(C)C. The van der Waals surface area contributed by atoms with E-state index in [-0.39, 0.29) is 18.3 Å². The molecule has 0 heterocycles. The van der Waals surface area contributed by atoms with Crippen molar-refractivity contribution in [2.75, 3.05) is 6.54 Å². The lowest BCUT2D eigenvalue weighted by Crippen LogP contribution is -2.41. The van der Waals surface area contributed by atoms with E-state index in [2.05, 4.69) is 10.5 Å². The number of carbonyl (C=O) groups is 2. The van der Waals surface area contributed by atoms with Gasteiger partial charge in [0.1, 0.15) is 6.61 Å². The van der Waals surface area contributed by atoms with Crippen molar-refractivity contribution in [2.24, 2.45) is 5.92 Å². The summed E-state index contributed by atoms with van der Waals surface area (Å²) < 4.78 is 5.22. The summed E-state index contributed by atoms with van der Waals surface area (Å²) in [6.07, 6.45) is 2.01. The number of amides is 1. The lowest BCUT2D eigenvalue weighted by molar-refractivity contribution is -0.121. The van der Waals surface area contributed by atoms with E-state index in [1.807, 2.05) is 44.2 Å². The van der Waals surface area contributed by atoms with Crippen molar-refractivity contribution in [3.05, 3.63) is 35.9 Å². The molecule has 1 aromatic rings. The highest BCUT2D eigenvalue weighted by molar-refractivity contribution is 6.45. The van der Waals surface area contributed by atoms with Gasteiger partial charge in [0.25, 0.3) is 0 Å². The van der Waals surface area contributed by atoms with Gasteiger partial charge in [-0.25, -0.2) is 4.79 Å². The lowest BCUT2D eigenvalue weighted by Gasteiger charge is -2.19. The van der Waals surface area contributed by atoms with Crippen LogP contribution in [-0.2, 0) is 16.1 Å². The Morgan fingerprint density at radius 1 is 1.19 bits per heavy atom. The Morgan fingerprint density at radius 2 is 1.88 bits per heavy atom. The number of rotatable bonds is 12. The minimum atomic E-state index is -0.571. The Kier molecular flexibility index (Phi) is 10.7. The third-order valence-electron chi connectivity index (χ3n) is 3.86. The zero-order chi connectivity index (χ0) is 19.4. The van der Waals surface area contributed by atoms with Crippen LogP contribution in [0, 0.1) is 5.92 Å². The number of carbonyl (C=O) groups excluding carboxylic acids is 2. The average Bonchev–Trinajstić information content (AvgIpc) is 2.58. The number of hydrogen-bond acceptors (Lipinski definition) is 5. The predicted molar refractivity (Wildman–Crippen MR) is 104 cm³/mol. The van der Waals surface area contributed by atoms with Crippen molar-refractivity contribution < 1.29 is 19.3 Å². The molecule has 1 unspecified atom stereocenters. The number of alkyl carbamates (subject to hydrolysis) is 1. The second-order valence-corrected chi connectivity index (χ2v) is 6.95. The second-order valence-electron chi connectivity index (χ2n) is 6.95. The van der Waals surface area contributed by atoms with Crippen LogP contribution in [0.5, 0.6) is 0 Å². The van der Waals surface area contributed by atoms with E-state index >= 15 is 0 Å². The van der Waals surface area contributed by atoms with Crippen molar-refractivity contribution in [3.8, 4) is 0 Å². The number of benzene rings is 1. The number of ketones is 1. The maximum Gasteiger partial charge on any atom is 0.408 e. The van der Waals surface area contributed by atoms with Crippen molar-refractivity contribution in [1.82, 2.24) is 10.5 Å². The Hall–Kier alpha value is -1.86. The van der Waals surface area contributed by atoms with Gasteiger partial charge in [0, 0.05) is 6.42 Å². The van der Waals surface area contributed by atoms with Crippen molar-refractivity contribution in [1.29, 1.82) is 0 Å². The van der Waals surface area contributed by atoms with Crippen LogP contribution in [0.3, 0.4) is 0 Å². The van der Waals surface area contributed by atoms with E-state index in [4.69, 9.17) is 4.74 Å². The Labute approximate surface area is 156 Å². The number of unbranched alkanes of at least 4 members (excludes halogenated alkanes) is 1. The van der Waals surface area contributed by atoms with Crippen LogP contribution < -0.4 is 10.5 Å².